The molecule has 0 atom stereocenters. The standard InChI is InChI=1S/C17H24N4O2S/c1-12-8-16(19-23-12)18-17(22)11-21-6-4-20(5-7-21)10-15-9-13(2)24-14(15)3/h8-9H,4-7,10-11H2,1-3H3,(H,18,19,22). The number of carbonyl (C=O) groups is 1. The summed E-state index contributed by atoms with van der Waals surface area (Å²) in [5, 5.41) is 6.56. The van der Waals surface area contributed by atoms with Crippen molar-refractivity contribution in [3.05, 3.63) is 33.2 Å². The van der Waals surface area contributed by atoms with E-state index < -0.39 is 0 Å². The maximum absolute atomic E-state index is 12.1. The molecule has 1 N–H and O–H groups in total. The fraction of sp³-hybridized carbons (Fsp3) is 0.529. The van der Waals surface area contributed by atoms with Crippen LogP contribution in [0.2, 0.25) is 0 Å². The van der Waals surface area contributed by atoms with Crippen LogP contribution in [-0.4, -0.2) is 53.6 Å². The van der Waals surface area contributed by atoms with Crippen molar-refractivity contribution in [2.24, 2.45) is 0 Å². The molecule has 0 bridgehead atoms. The summed E-state index contributed by atoms with van der Waals surface area (Å²) in [6.07, 6.45) is 0. The minimum Gasteiger partial charge on any atom is -0.360 e. The smallest absolute Gasteiger partial charge is 0.239 e. The molecule has 1 saturated heterocycles. The van der Waals surface area contributed by atoms with Gasteiger partial charge in [-0.2, -0.15) is 0 Å². The molecule has 24 heavy (non-hydrogen) atoms. The second-order valence-electron chi connectivity index (χ2n) is 6.36. The number of piperazine rings is 1. The van der Waals surface area contributed by atoms with E-state index in [-0.39, 0.29) is 5.91 Å². The van der Waals surface area contributed by atoms with Gasteiger partial charge in [0.25, 0.3) is 0 Å². The van der Waals surface area contributed by atoms with Crippen LogP contribution in [0.15, 0.2) is 16.7 Å². The van der Waals surface area contributed by atoms with E-state index in [9.17, 15) is 4.79 Å². The second-order valence-corrected chi connectivity index (χ2v) is 7.82. The van der Waals surface area contributed by atoms with Gasteiger partial charge in [-0.3, -0.25) is 14.6 Å². The first-order chi connectivity index (χ1) is 11.5. The number of rotatable bonds is 5. The van der Waals surface area contributed by atoms with Gasteiger partial charge in [0.1, 0.15) is 5.76 Å². The molecule has 7 heteroatoms. The molecule has 0 saturated carbocycles. The molecule has 0 radical (unpaired) electrons. The van der Waals surface area contributed by atoms with Crippen LogP contribution in [0.4, 0.5) is 5.82 Å². The van der Waals surface area contributed by atoms with E-state index >= 15 is 0 Å². The van der Waals surface area contributed by atoms with E-state index in [4.69, 9.17) is 4.52 Å². The van der Waals surface area contributed by atoms with Crippen molar-refractivity contribution in [2.75, 3.05) is 38.0 Å². The first-order valence-electron chi connectivity index (χ1n) is 8.23. The number of aromatic nitrogens is 1. The van der Waals surface area contributed by atoms with E-state index in [1.165, 1.54) is 15.3 Å². The van der Waals surface area contributed by atoms with Gasteiger partial charge in [-0.15, -0.1) is 11.3 Å². The molecule has 3 rings (SSSR count). The molecule has 0 spiro atoms. The molecule has 6 nitrogen and oxygen atoms in total. The Morgan fingerprint density at radius 2 is 1.92 bits per heavy atom. The summed E-state index contributed by atoms with van der Waals surface area (Å²) in [6, 6.07) is 4.01. The molecular formula is C17H24N4O2S. The van der Waals surface area contributed by atoms with Gasteiger partial charge in [0.15, 0.2) is 5.82 Å². The molecule has 130 valence electrons. The van der Waals surface area contributed by atoms with Gasteiger partial charge in [-0.05, 0) is 32.4 Å². The SMILES string of the molecule is Cc1cc(NC(=O)CN2CCN(Cc3cc(C)sc3C)CC2)no1. The monoisotopic (exact) mass is 348 g/mol. The Morgan fingerprint density at radius 3 is 2.50 bits per heavy atom. The van der Waals surface area contributed by atoms with Crippen LogP contribution in [0.3, 0.4) is 0 Å². The number of hydrogen-bond donors (Lipinski definition) is 1. The lowest BCUT2D eigenvalue weighted by atomic mass is 10.2. The fourth-order valence-corrected chi connectivity index (χ4v) is 3.94. The zero-order chi connectivity index (χ0) is 17.1. The van der Waals surface area contributed by atoms with Gasteiger partial charge in [-0.1, -0.05) is 5.16 Å². The second kappa shape index (κ2) is 7.46. The predicted molar refractivity (Wildman–Crippen MR) is 95.4 cm³/mol. The van der Waals surface area contributed by atoms with E-state index in [2.05, 4.69) is 40.2 Å². The average Bonchev–Trinajstić information content (AvgIpc) is 3.06. The Balaban J connectivity index is 1.43. The summed E-state index contributed by atoms with van der Waals surface area (Å²) in [6.45, 7) is 11.4. The Hall–Kier alpha value is -1.70. The zero-order valence-electron chi connectivity index (χ0n) is 14.5. The quantitative estimate of drug-likeness (QED) is 0.899. The van der Waals surface area contributed by atoms with Gasteiger partial charge < -0.3 is 9.84 Å². The minimum atomic E-state index is -0.0407. The Bertz CT molecular complexity index is 701. The molecule has 1 aliphatic rings. The molecule has 2 aromatic rings. The highest BCUT2D eigenvalue weighted by molar-refractivity contribution is 7.12. The number of nitrogens with zero attached hydrogens (tertiary/aromatic N) is 3. The van der Waals surface area contributed by atoms with E-state index in [0.717, 1.165) is 32.7 Å². The van der Waals surface area contributed by atoms with Crippen molar-refractivity contribution in [3.63, 3.8) is 0 Å². The number of amides is 1. The van der Waals surface area contributed by atoms with Crippen molar-refractivity contribution in [1.82, 2.24) is 15.0 Å². The molecular weight excluding hydrogens is 324 g/mol. The molecule has 3 heterocycles. The summed E-state index contributed by atoms with van der Waals surface area (Å²) < 4.78 is 4.95. The Labute approximate surface area is 146 Å². The summed E-state index contributed by atoms with van der Waals surface area (Å²) in [7, 11) is 0. The van der Waals surface area contributed by atoms with Gasteiger partial charge in [0, 0.05) is 48.5 Å². The van der Waals surface area contributed by atoms with Crippen LogP contribution in [0.5, 0.6) is 0 Å². The lowest BCUT2D eigenvalue weighted by Crippen LogP contribution is -2.48. The zero-order valence-corrected chi connectivity index (χ0v) is 15.3. The maximum Gasteiger partial charge on any atom is 0.239 e. The molecule has 1 fully saturated rings. The third-order valence-electron chi connectivity index (χ3n) is 4.27. The highest BCUT2D eigenvalue weighted by Crippen LogP contribution is 2.22. The number of anilines is 1. The first-order valence-corrected chi connectivity index (χ1v) is 9.05. The van der Waals surface area contributed by atoms with Crippen LogP contribution in [-0.2, 0) is 11.3 Å². The molecule has 2 aromatic heterocycles. The van der Waals surface area contributed by atoms with Crippen LogP contribution < -0.4 is 5.32 Å². The molecule has 1 aliphatic heterocycles. The summed E-state index contributed by atoms with van der Waals surface area (Å²) in [4.78, 5) is 19.5. The van der Waals surface area contributed by atoms with Gasteiger partial charge >= 0.3 is 0 Å². The van der Waals surface area contributed by atoms with Crippen molar-refractivity contribution in [2.45, 2.75) is 27.3 Å². The molecule has 0 aromatic carbocycles. The van der Waals surface area contributed by atoms with Crippen LogP contribution in [0.25, 0.3) is 0 Å². The molecule has 0 unspecified atom stereocenters. The lowest BCUT2D eigenvalue weighted by Gasteiger charge is -2.34. The van der Waals surface area contributed by atoms with Crippen molar-refractivity contribution >= 4 is 23.1 Å². The normalized spacial score (nSPS) is 16.5. The van der Waals surface area contributed by atoms with Crippen LogP contribution >= 0.6 is 11.3 Å². The van der Waals surface area contributed by atoms with Gasteiger partial charge in [-0.25, -0.2) is 0 Å². The van der Waals surface area contributed by atoms with Gasteiger partial charge in [0.05, 0.1) is 6.54 Å². The topological polar surface area (TPSA) is 61.6 Å². The Kier molecular flexibility index (Phi) is 5.33. The highest BCUT2D eigenvalue weighted by atomic mass is 32.1. The van der Waals surface area contributed by atoms with Crippen molar-refractivity contribution in [1.29, 1.82) is 0 Å². The minimum absolute atomic E-state index is 0.0407. The Morgan fingerprint density at radius 1 is 1.21 bits per heavy atom. The van der Waals surface area contributed by atoms with E-state index in [0.29, 0.717) is 18.1 Å². The van der Waals surface area contributed by atoms with E-state index in [1.807, 2.05) is 11.3 Å². The number of nitrogens with one attached hydrogen (secondary N) is 1. The van der Waals surface area contributed by atoms with Gasteiger partial charge in [0.2, 0.25) is 5.91 Å². The van der Waals surface area contributed by atoms with Crippen molar-refractivity contribution < 1.29 is 9.32 Å². The summed E-state index contributed by atoms with van der Waals surface area (Å²) >= 11 is 1.87. The first kappa shape index (κ1) is 17.1. The lowest BCUT2D eigenvalue weighted by molar-refractivity contribution is -0.117. The van der Waals surface area contributed by atoms with Crippen molar-refractivity contribution in [3.8, 4) is 0 Å². The average molecular weight is 348 g/mol. The third-order valence-corrected chi connectivity index (χ3v) is 5.27. The summed E-state index contributed by atoms with van der Waals surface area (Å²) in [5.41, 5.74) is 1.44. The molecule has 0 aliphatic carbocycles. The van der Waals surface area contributed by atoms with Crippen LogP contribution in [0.1, 0.15) is 21.1 Å². The largest absolute Gasteiger partial charge is 0.360 e. The number of carbonyl (C=O) groups excluding carboxylic acids is 1. The van der Waals surface area contributed by atoms with Crippen LogP contribution in [0, 0.1) is 20.8 Å². The molecule has 1 amide bonds. The summed E-state index contributed by atoms with van der Waals surface area (Å²) in [5.74, 6) is 1.14. The number of thiophene rings is 1. The highest BCUT2D eigenvalue weighted by Gasteiger charge is 2.20. The predicted octanol–water partition coefficient (Wildman–Crippen LogP) is 2.42. The number of hydrogen-bond acceptors (Lipinski definition) is 6. The maximum atomic E-state index is 12.1. The fourth-order valence-electron chi connectivity index (χ4n) is 3.00. The van der Waals surface area contributed by atoms with E-state index in [1.54, 1.807) is 13.0 Å². The third kappa shape index (κ3) is 4.43. The number of aryl methyl sites for hydroxylation is 3.